The summed E-state index contributed by atoms with van der Waals surface area (Å²) < 4.78 is 1.93. The van der Waals surface area contributed by atoms with E-state index in [1.807, 2.05) is 41.2 Å². The molecule has 2 aromatic heterocycles. The number of H-pyrrole nitrogens is 1. The van der Waals surface area contributed by atoms with E-state index in [9.17, 15) is 0 Å². The number of benzene rings is 1. The summed E-state index contributed by atoms with van der Waals surface area (Å²) in [4.78, 5) is 3.16. The van der Waals surface area contributed by atoms with E-state index < -0.39 is 0 Å². The van der Waals surface area contributed by atoms with Gasteiger partial charge in [-0.25, -0.2) is 0 Å². The minimum Gasteiger partial charge on any atom is -1.00 e. The third kappa shape index (κ3) is 1.61. The summed E-state index contributed by atoms with van der Waals surface area (Å²) in [7, 11) is 0. The highest BCUT2D eigenvalue weighted by molar-refractivity contribution is 5.70. The molecule has 0 fully saturated rings. The smallest absolute Gasteiger partial charge is 0.296 e. The van der Waals surface area contributed by atoms with E-state index in [-0.39, 0.29) is 12.4 Å². The van der Waals surface area contributed by atoms with Gasteiger partial charge in [-0.15, -0.1) is 5.10 Å². The number of aromatic amines is 1. The summed E-state index contributed by atoms with van der Waals surface area (Å²) in [6.45, 7) is 0. The van der Waals surface area contributed by atoms with Crippen molar-refractivity contribution in [2.24, 2.45) is 0 Å². The number of halogens is 1. The first-order valence-corrected chi connectivity index (χ1v) is 4.58. The monoisotopic (exact) mass is 233 g/mol. The van der Waals surface area contributed by atoms with E-state index in [1.165, 1.54) is 0 Å². The average Bonchev–Trinajstić information content (AvgIpc) is 2.74. The zero-order chi connectivity index (χ0) is 10.1. The second-order valence-corrected chi connectivity index (χ2v) is 3.14. The molecule has 0 unspecified atom stereocenters. The lowest BCUT2D eigenvalue weighted by Gasteiger charge is -1.91. The lowest BCUT2D eigenvalue weighted by atomic mass is 10.3. The van der Waals surface area contributed by atoms with Crippen molar-refractivity contribution in [3.63, 3.8) is 0 Å². The normalized spacial score (nSPS) is 10.0. The SMILES string of the molecule is [Cl-].c1ccc2c(c1)[nH]c[n+]2-c1ccnnn1. The molecule has 0 saturated heterocycles. The van der Waals surface area contributed by atoms with Crippen LogP contribution in [0.1, 0.15) is 0 Å². The summed E-state index contributed by atoms with van der Waals surface area (Å²) in [5, 5.41) is 11.2. The summed E-state index contributed by atoms with van der Waals surface area (Å²) in [5.41, 5.74) is 2.13. The van der Waals surface area contributed by atoms with E-state index >= 15 is 0 Å². The van der Waals surface area contributed by atoms with Crippen molar-refractivity contribution < 1.29 is 17.0 Å². The predicted octanol–water partition coefficient (Wildman–Crippen LogP) is -2.37. The van der Waals surface area contributed by atoms with Gasteiger partial charge < -0.3 is 12.4 Å². The Morgan fingerprint density at radius 1 is 1.12 bits per heavy atom. The number of para-hydroxylation sites is 2. The summed E-state index contributed by atoms with van der Waals surface area (Å²) in [6.07, 6.45) is 3.48. The van der Waals surface area contributed by atoms with E-state index in [4.69, 9.17) is 0 Å². The molecule has 0 saturated carbocycles. The van der Waals surface area contributed by atoms with Gasteiger partial charge in [-0.2, -0.15) is 4.57 Å². The van der Waals surface area contributed by atoms with Crippen LogP contribution in [-0.2, 0) is 0 Å². The fourth-order valence-electron chi connectivity index (χ4n) is 1.56. The number of hydrogen-bond acceptors (Lipinski definition) is 3. The molecule has 80 valence electrons. The summed E-state index contributed by atoms with van der Waals surface area (Å²) >= 11 is 0. The molecule has 0 radical (unpaired) electrons. The second-order valence-electron chi connectivity index (χ2n) is 3.14. The number of aromatic nitrogens is 5. The Balaban J connectivity index is 0.000000963. The lowest BCUT2D eigenvalue weighted by molar-refractivity contribution is -0.571. The Morgan fingerprint density at radius 3 is 2.81 bits per heavy atom. The molecule has 5 nitrogen and oxygen atoms in total. The largest absolute Gasteiger partial charge is 1.00 e. The zero-order valence-corrected chi connectivity index (χ0v) is 8.96. The molecule has 3 aromatic rings. The molecule has 1 aromatic carbocycles. The maximum atomic E-state index is 3.95. The number of imidazole rings is 1. The Bertz CT molecular complexity index is 592. The quantitative estimate of drug-likeness (QED) is 0.478. The van der Waals surface area contributed by atoms with Gasteiger partial charge in [0, 0.05) is 16.4 Å². The fourth-order valence-corrected chi connectivity index (χ4v) is 1.56. The van der Waals surface area contributed by atoms with Crippen molar-refractivity contribution in [2.75, 3.05) is 0 Å². The fraction of sp³-hybridized carbons (Fsp3) is 0. The van der Waals surface area contributed by atoms with Crippen LogP contribution in [0.5, 0.6) is 0 Å². The standard InChI is InChI=1S/C10H7N5.ClH/c1-2-4-9-8(3-1)11-7-15(9)10-5-6-12-14-13-10;/h1-7H;1H. The first kappa shape index (κ1) is 10.5. The Morgan fingerprint density at radius 2 is 2.00 bits per heavy atom. The maximum Gasteiger partial charge on any atom is 0.296 e. The number of fused-ring (bicyclic) bond motifs is 1. The molecule has 0 aliphatic heterocycles. The van der Waals surface area contributed by atoms with Crippen molar-refractivity contribution >= 4 is 11.0 Å². The number of nitrogens with zero attached hydrogens (tertiary/aromatic N) is 4. The van der Waals surface area contributed by atoms with Gasteiger partial charge in [0.25, 0.3) is 5.82 Å². The first-order valence-electron chi connectivity index (χ1n) is 4.58. The zero-order valence-electron chi connectivity index (χ0n) is 8.21. The van der Waals surface area contributed by atoms with Gasteiger partial charge in [0.2, 0.25) is 0 Å². The molecule has 0 aliphatic rings. The molecule has 0 atom stereocenters. The van der Waals surface area contributed by atoms with Crippen LogP contribution < -0.4 is 17.0 Å². The van der Waals surface area contributed by atoms with Crippen LogP contribution >= 0.6 is 0 Å². The predicted molar refractivity (Wildman–Crippen MR) is 53.2 cm³/mol. The van der Waals surface area contributed by atoms with E-state index in [2.05, 4.69) is 20.4 Å². The van der Waals surface area contributed by atoms with E-state index in [0.717, 1.165) is 16.9 Å². The minimum absolute atomic E-state index is 0. The van der Waals surface area contributed by atoms with Crippen LogP contribution in [-0.4, -0.2) is 20.4 Å². The van der Waals surface area contributed by atoms with Crippen LogP contribution in [0.2, 0.25) is 0 Å². The van der Waals surface area contributed by atoms with Crippen LogP contribution in [0.15, 0.2) is 42.9 Å². The van der Waals surface area contributed by atoms with Crippen LogP contribution in [0.3, 0.4) is 0 Å². The molecule has 1 N–H and O–H groups in total. The van der Waals surface area contributed by atoms with Gasteiger partial charge in [-0.05, 0) is 12.1 Å². The van der Waals surface area contributed by atoms with Crippen molar-refractivity contribution in [1.29, 1.82) is 0 Å². The second kappa shape index (κ2) is 4.24. The highest BCUT2D eigenvalue weighted by Crippen LogP contribution is 2.07. The Hall–Kier alpha value is -2.01. The third-order valence-electron chi connectivity index (χ3n) is 2.25. The van der Waals surface area contributed by atoms with Gasteiger partial charge in [0.05, 0.1) is 6.20 Å². The van der Waals surface area contributed by atoms with Gasteiger partial charge in [0.15, 0.2) is 6.33 Å². The molecule has 2 heterocycles. The molecular weight excluding hydrogens is 226 g/mol. The van der Waals surface area contributed by atoms with Crippen LogP contribution in [0.4, 0.5) is 0 Å². The average molecular weight is 234 g/mol. The summed E-state index contributed by atoms with van der Waals surface area (Å²) in [5.74, 6) is 0.752. The number of nitrogens with one attached hydrogen (secondary N) is 1. The first-order chi connectivity index (χ1) is 7.45. The molecule has 0 spiro atoms. The Labute approximate surface area is 97.6 Å². The highest BCUT2D eigenvalue weighted by Gasteiger charge is 2.11. The summed E-state index contributed by atoms with van der Waals surface area (Å²) in [6, 6.07) is 9.82. The number of rotatable bonds is 1. The van der Waals surface area contributed by atoms with Gasteiger partial charge in [0.1, 0.15) is 11.0 Å². The van der Waals surface area contributed by atoms with Crippen LogP contribution in [0.25, 0.3) is 16.9 Å². The number of hydrogen-bond donors (Lipinski definition) is 1. The molecule has 6 heteroatoms. The lowest BCUT2D eigenvalue weighted by Crippen LogP contribution is -3.00. The van der Waals surface area contributed by atoms with Gasteiger partial charge >= 0.3 is 0 Å². The van der Waals surface area contributed by atoms with Crippen molar-refractivity contribution in [2.45, 2.75) is 0 Å². The maximum absolute atomic E-state index is 3.95. The molecule has 0 aliphatic carbocycles. The van der Waals surface area contributed by atoms with Gasteiger partial charge in [-0.3, -0.25) is 4.98 Å². The topological polar surface area (TPSA) is 58.3 Å². The van der Waals surface area contributed by atoms with Crippen molar-refractivity contribution in [3.8, 4) is 5.82 Å². The third-order valence-corrected chi connectivity index (χ3v) is 2.25. The Kier molecular flexibility index (Phi) is 2.78. The van der Waals surface area contributed by atoms with E-state index in [1.54, 1.807) is 6.20 Å². The molecule has 16 heavy (non-hydrogen) atoms. The minimum atomic E-state index is 0. The highest BCUT2D eigenvalue weighted by atomic mass is 35.5. The molecule has 3 rings (SSSR count). The molecule has 0 amide bonds. The van der Waals surface area contributed by atoms with Crippen LogP contribution in [0, 0.1) is 0 Å². The molecule has 0 bridgehead atoms. The van der Waals surface area contributed by atoms with Crippen molar-refractivity contribution in [3.05, 3.63) is 42.9 Å². The van der Waals surface area contributed by atoms with Crippen molar-refractivity contribution in [1.82, 2.24) is 20.4 Å². The van der Waals surface area contributed by atoms with Gasteiger partial charge in [-0.1, -0.05) is 12.1 Å². The van der Waals surface area contributed by atoms with E-state index in [0.29, 0.717) is 0 Å². The molecular formula is C10H8ClN5.